The highest BCUT2D eigenvalue weighted by molar-refractivity contribution is 6.99. The van der Waals surface area contributed by atoms with Crippen LogP contribution in [-0.2, 0) is 6.61 Å². The van der Waals surface area contributed by atoms with Crippen LogP contribution in [0.25, 0.3) is 0 Å². The fourth-order valence-electron chi connectivity index (χ4n) is 3.16. The zero-order chi connectivity index (χ0) is 14.1. The second kappa shape index (κ2) is 5.61. The molecule has 2 bridgehead atoms. The van der Waals surface area contributed by atoms with Gasteiger partial charge < -0.3 is 14.8 Å². The first-order valence-corrected chi connectivity index (χ1v) is 8.02. The quantitative estimate of drug-likeness (QED) is 0.918. The Morgan fingerprint density at radius 2 is 2.00 bits per heavy atom. The molecule has 21 heavy (non-hydrogen) atoms. The van der Waals surface area contributed by atoms with E-state index < -0.39 is 0 Å². The van der Waals surface area contributed by atoms with Crippen molar-refractivity contribution in [1.29, 1.82) is 0 Å². The monoisotopic (exact) mass is 303 g/mol. The summed E-state index contributed by atoms with van der Waals surface area (Å²) in [7, 11) is 0. The molecular formula is C15H17N3O2S. The van der Waals surface area contributed by atoms with Crippen molar-refractivity contribution < 1.29 is 9.47 Å². The van der Waals surface area contributed by atoms with Crippen LogP contribution < -0.4 is 14.8 Å². The van der Waals surface area contributed by atoms with Gasteiger partial charge in [-0.1, -0.05) is 30.3 Å². The molecule has 2 heterocycles. The molecule has 1 aliphatic carbocycles. The van der Waals surface area contributed by atoms with Gasteiger partial charge in [-0.2, -0.15) is 0 Å². The summed E-state index contributed by atoms with van der Waals surface area (Å²) in [4.78, 5) is 0. The largest absolute Gasteiger partial charge is 0.468 e. The van der Waals surface area contributed by atoms with Crippen molar-refractivity contribution in [3.8, 4) is 11.8 Å². The third-order valence-electron chi connectivity index (χ3n) is 4.25. The molecular weight excluding hydrogens is 286 g/mol. The number of piperidine rings is 1. The minimum atomic E-state index is 0.216. The van der Waals surface area contributed by atoms with E-state index in [1.165, 1.54) is 12.8 Å². The Bertz CT molecular complexity index is 584. The minimum Gasteiger partial charge on any atom is -0.468 e. The van der Waals surface area contributed by atoms with Crippen molar-refractivity contribution in [3.05, 3.63) is 35.9 Å². The van der Waals surface area contributed by atoms with Gasteiger partial charge in [0.2, 0.25) is 0 Å². The average Bonchev–Trinajstić information content (AvgIpc) is 3.24. The highest BCUT2D eigenvalue weighted by Crippen LogP contribution is 2.36. The predicted octanol–water partition coefficient (Wildman–Crippen LogP) is 2.25. The molecule has 110 valence electrons. The van der Waals surface area contributed by atoms with Gasteiger partial charge in [0.25, 0.3) is 11.8 Å². The van der Waals surface area contributed by atoms with Crippen LogP contribution in [-0.4, -0.2) is 27.4 Å². The molecule has 2 fully saturated rings. The van der Waals surface area contributed by atoms with E-state index in [-0.39, 0.29) is 6.10 Å². The third-order valence-corrected chi connectivity index (χ3v) is 4.74. The smallest absolute Gasteiger partial charge is 0.291 e. The molecule has 4 rings (SSSR count). The van der Waals surface area contributed by atoms with Gasteiger partial charge in [-0.25, -0.2) is 0 Å². The van der Waals surface area contributed by atoms with Crippen molar-refractivity contribution in [2.75, 3.05) is 6.54 Å². The van der Waals surface area contributed by atoms with Gasteiger partial charge >= 0.3 is 0 Å². The van der Waals surface area contributed by atoms with Crippen LogP contribution in [0.1, 0.15) is 18.4 Å². The lowest BCUT2D eigenvalue weighted by atomic mass is 10.1. The van der Waals surface area contributed by atoms with Crippen molar-refractivity contribution in [2.24, 2.45) is 5.92 Å². The molecule has 1 aromatic carbocycles. The van der Waals surface area contributed by atoms with Crippen LogP contribution in [0.3, 0.4) is 0 Å². The normalized spacial score (nSPS) is 27.0. The van der Waals surface area contributed by atoms with Gasteiger partial charge in [-0.3, -0.25) is 0 Å². The summed E-state index contributed by atoms with van der Waals surface area (Å²) in [5.74, 6) is 1.65. The molecule has 0 spiro atoms. The number of rotatable bonds is 5. The Labute approximate surface area is 127 Å². The van der Waals surface area contributed by atoms with E-state index in [1.807, 2.05) is 30.3 Å². The zero-order valence-corrected chi connectivity index (χ0v) is 12.4. The lowest BCUT2D eigenvalue weighted by Gasteiger charge is -2.16. The molecule has 6 heteroatoms. The molecule has 2 aromatic rings. The second-order valence-electron chi connectivity index (χ2n) is 5.58. The Morgan fingerprint density at radius 3 is 2.71 bits per heavy atom. The van der Waals surface area contributed by atoms with E-state index in [0.29, 0.717) is 30.3 Å². The van der Waals surface area contributed by atoms with E-state index in [9.17, 15) is 0 Å². The molecule has 0 amide bonds. The highest BCUT2D eigenvalue weighted by Gasteiger charge is 2.44. The highest BCUT2D eigenvalue weighted by atomic mass is 32.1. The maximum atomic E-state index is 6.07. The summed E-state index contributed by atoms with van der Waals surface area (Å²) in [6, 6.07) is 10.5. The number of hydrogen-bond donors (Lipinski definition) is 1. The van der Waals surface area contributed by atoms with Gasteiger partial charge in [0.15, 0.2) is 0 Å². The molecule has 2 aliphatic rings. The minimum absolute atomic E-state index is 0.216. The van der Waals surface area contributed by atoms with Crippen LogP contribution in [0, 0.1) is 5.92 Å². The molecule has 1 N–H and O–H groups in total. The van der Waals surface area contributed by atoms with E-state index in [1.54, 1.807) is 0 Å². The first-order chi connectivity index (χ1) is 10.4. The summed E-state index contributed by atoms with van der Waals surface area (Å²) in [5, 5.41) is 3.49. The summed E-state index contributed by atoms with van der Waals surface area (Å²) in [6.07, 6.45) is 2.64. The standard InChI is InChI=1S/C15H17N3O2S/c1-2-4-10(5-3-1)9-19-14-15(18-21-17-14)20-13-11-6-7-12(13)16-8-11/h1-5,11-13,16H,6-9H2. The van der Waals surface area contributed by atoms with E-state index in [2.05, 4.69) is 14.1 Å². The Balaban J connectivity index is 1.42. The Morgan fingerprint density at radius 1 is 1.14 bits per heavy atom. The van der Waals surface area contributed by atoms with Crippen LogP contribution in [0.4, 0.5) is 0 Å². The Hall–Kier alpha value is -1.66. The van der Waals surface area contributed by atoms with Crippen molar-refractivity contribution in [2.45, 2.75) is 31.6 Å². The number of aromatic nitrogens is 2. The van der Waals surface area contributed by atoms with Gasteiger partial charge in [0.1, 0.15) is 12.7 Å². The van der Waals surface area contributed by atoms with E-state index in [4.69, 9.17) is 9.47 Å². The maximum Gasteiger partial charge on any atom is 0.291 e. The molecule has 1 saturated heterocycles. The number of hydrogen-bond acceptors (Lipinski definition) is 6. The lowest BCUT2D eigenvalue weighted by Crippen LogP contribution is -2.31. The molecule has 3 unspecified atom stereocenters. The molecule has 1 saturated carbocycles. The SMILES string of the molecule is c1ccc(COc2nsnc2OC2C3CCC2NC3)cc1. The fraction of sp³-hybridized carbons (Fsp3) is 0.467. The number of nitrogens with one attached hydrogen (secondary N) is 1. The molecule has 1 aromatic heterocycles. The van der Waals surface area contributed by atoms with Gasteiger partial charge in [-0.15, -0.1) is 8.75 Å². The predicted molar refractivity (Wildman–Crippen MR) is 79.6 cm³/mol. The molecule has 0 radical (unpaired) electrons. The van der Waals surface area contributed by atoms with Gasteiger partial charge in [-0.05, 0) is 18.4 Å². The van der Waals surface area contributed by atoms with Crippen LogP contribution >= 0.6 is 11.7 Å². The number of benzene rings is 1. The number of nitrogens with zero attached hydrogens (tertiary/aromatic N) is 2. The average molecular weight is 303 g/mol. The van der Waals surface area contributed by atoms with Gasteiger partial charge in [0, 0.05) is 18.5 Å². The van der Waals surface area contributed by atoms with E-state index in [0.717, 1.165) is 23.8 Å². The first kappa shape index (κ1) is 13.0. The Kier molecular flexibility index (Phi) is 3.48. The summed E-state index contributed by atoms with van der Waals surface area (Å²) < 4.78 is 20.3. The maximum absolute atomic E-state index is 6.07. The zero-order valence-electron chi connectivity index (χ0n) is 11.6. The van der Waals surface area contributed by atoms with Crippen molar-refractivity contribution in [1.82, 2.24) is 14.1 Å². The third kappa shape index (κ3) is 2.61. The number of ether oxygens (including phenoxy) is 2. The topological polar surface area (TPSA) is 56.3 Å². The van der Waals surface area contributed by atoms with Crippen LogP contribution in [0.15, 0.2) is 30.3 Å². The number of fused-ring (bicyclic) bond motifs is 2. The van der Waals surface area contributed by atoms with Crippen molar-refractivity contribution >= 4 is 11.7 Å². The van der Waals surface area contributed by atoms with Gasteiger partial charge in [0.05, 0.1) is 11.7 Å². The lowest BCUT2D eigenvalue weighted by molar-refractivity contribution is 0.158. The summed E-state index contributed by atoms with van der Waals surface area (Å²) >= 11 is 1.14. The summed E-state index contributed by atoms with van der Waals surface area (Å²) in [5.41, 5.74) is 1.11. The molecule has 5 nitrogen and oxygen atoms in total. The summed E-state index contributed by atoms with van der Waals surface area (Å²) in [6.45, 7) is 1.53. The van der Waals surface area contributed by atoms with Crippen LogP contribution in [0.2, 0.25) is 0 Å². The molecule has 1 aliphatic heterocycles. The fourth-order valence-corrected chi connectivity index (χ4v) is 3.60. The molecule has 3 atom stereocenters. The van der Waals surface area contributed by atoms with Crippen LogP contribution in [0.5, 0.6) is 11.8 Å². The second-order valence-corrected chi connectivity index (χ2v) is 6.11. The van der Waals surface area contributed by atoms with Crippen molar-refractivity contribution in [3.63, 3.8) is 0 Å². The van der Waals surface area contributed by atoms with E-state index >= 15 is 0 Å². The first-order valence-electron chi connectivity index (χ1n) is 7.29.